The first kappa shape index (κ1) is 21.2. The molecular formula is C24H32O3S. The maximum atomic E-state index is 10.5. The Kier molecular flexibility index (Phi) is 8.69. The lowest BCUT2D eigenvalue weighted by Gasteiger charge is -2.27. The normalized spacial score (nSPS) is 26.6. The third-order valence-corrected chi connectivity index (χ3v) is 6.87. The summed E-state index contributed by atoms with van der Waals surface area (Å²) in [5.41, 5.74) is 1.26. The zero-order valence-electron chi connectivity index (χ0n) is 16.5. The molecule has 1 aromatic rings. The second kappa shape index (κ2) is 11.5. The zero-order valence-corrected chi connectivity index (χ0v) is 17.4. The van der Waals surface area contributed by atoms with Crippen molar-refractivity contribution >= 4 is 23.8 Å². The van der Waals surface area contributed by atoms with E-state index in [1.165, 1.54) is 30.6 Å². The summed E-state index contributed by atoms with van der Waals surface area (Å²) in [4.78, 5) is 10.5. The van der Waals surface area contributed by atoms with Crippen LogP contribution < -0.4 is 0 Å². The molecule has 2 bridgehead atoms. The maximum absolute atomic E-state index is 10.5. The first-order chi connectivity index (χ1) is 13.7. The molecule has 3 nitrogen and oxygen atoms in total. The minimum Gasteiger partial charge on any atom is -0.481 e. The summed E-state index contributed by atoms with van der Waals surface area (Å²) < 4.78 is 6.23. The summed E-state index contributed by atoms with van der Waals surface area (Å²) in [6.45, 7) is 0. The minimum atomic E-state index is -0.702. The Bertz CT molecular complexity index is 655. The van der Waals surface area contributed by atoms with Crippen LogP contribution in [0.1, 0.15) is 50.5 Å². The molecule has 0 unspecified atom stereocenters. The van der Waals surface area contributed by atoms with Crippen molar-refractivity contribution in [3.8, 4) is 0 Å². The van der Waals surface area contributed by atoms with E-state index in [4.69, 9.17) is 9.84 Å². The molecule has 28 heavy (non-hydrogen) atoms. The van der Waals surface area contributed by atoms with Gasteiger partial charge in [0.1, 0.15) is 0 Å². The molecule has 0 aromatic heterocycles. The molecule has 0 radical (unpaired) electrons. The highest BCUT2D eigenvalue weighted by Gasteiger charge is 2.47. The Morgan fingerprint density at radius 1 is 1.07 bits per heavy atom. The van der Waals surface area contributed by atoms with E-state index in [-0.39, 0.29) is 6.42 Å². The SMILES string of the molecule is O=C(O)CCCC=CCC[C@H]1[C@@H](CSCC=Cc2ccccc2)[C@H]2CC[C@@H]1O2. The number of hydrogen-bond donors (Lipinski definition) is 1. The minimum absolute atomic E-state index is 0.266. The number of allylic oxidation sites excluding steroid dienone is 2. The van der Waals surface area contributed by atoms with Gasteiger partial charge in [0.15, 0.2) is 0 Å². The fraction of sp³-hybridized carbons (Fsp3) is 0.542. The van der Waals surface area contributed by atoms with Gasteiger partial charge in [0.05, 0.1) is 12.2 Å². The molecule has 152 valence electrons. The van der Waals surface area contributed by atoms with Gasteiger partial charge in [-0.25, -0.2) is 0 Å². The van der Waals surface area contributed by atoms with Crippen LogP contribution >= 0.6 is 11.8 Å². The molecule has 1 N–H and O–H groups in total. The van der Waals surface area contributed by atoms with Crippen LogP contribution in [0.25, 0.3) is 6.08 Å². The Morgan fingerprint density at radius 3 is 2.61 bits per heavy atom. The first-order valence-electron chi connectivity index (χ1n) is 10.6. The van der Waals surface area contributed by atoms with Crippen molar-refractivity contribution in [1.82, 2.24) is 0 Å². The van der Waals surface area contributed by atoms with E-state index in [1.54, 1.807) is 0 Å². The van der Waals surface area contributed by atoms with Crippen LogP contribution in [0.15, 0.2) is 48.6 Å². The molecule has 2 aliphatic heterocycles. The van der Waals surface area contributed by atoms with E-state index in [0.717, 1.165) is 25.0 Å². The number of fused-ring (bicyclic) bond motifs is 2. The van der Waals surface area contributed by atoms with Gasteiger partial charge in [0.25, 0.3) is 0 Å². The topological polar surface area (TPSA) is 46.5 Å². The second-order valence-corrected chi connectivity index (χ2v) is 8.88. The van der Waals surface area contributed by atoms with Gasteiger partial charge in [0.2, 0.25) is 0 Å². The molecule has 3 rings (SSSR count). The first-order valence-corrected chi connectivity index (χ1v) is 11.7. The van der Waals surface area contributed by atoms with Gasteiger partial charge in [-0.05, 0) is 61.7 Å². The third kappa shape index (κ3) is 6.52. The molecule has 0 saturated carbocycles. The van der Waals surface area contributed by atoms with Gasteiger partial charge in [-0.3, -0.25) is 4.79 Å². The molecule has 2 saturated heterocycles. The van der Waals surface area contributed by atoms with Crippen LogP contribution in [0.5, 0.6) is 0 Å². The predicted molar refractivity (Wildman–Crippen MR) is 118 cm³/mol. The lowest BCUT2D eigenvalue weighted by molar-refractivity contribution is -0.137. The van der Waals surface area contributed by atoms with Crippen molar-refractivity contribution in [2.75, 3.05) is 11.5 Å². The van der Waals surface area contributed by atoms with Gasteiger partial charge < -0.3 is 9.84 Å². The second-order valence-electron chi connectivity index (χ2n) is 7.80. The fourth-order valence-electron chi connectivity index (χ4n) is 4.42. The highest BCUT2D eigenvalue weighted by atomic mass is 32.2. The average Bonchev–Trinajstić information content (AvgIpc) is 3.29. The number of aliphatic carboxylic acids is 1. The number of rotatable bonds is 12. The molecule has 0 amide bonds. The van der Waals surface area contributed by atoms with Crippen LogP contribution in [-0.4, -0.2) is 34.8 Å². The predicted octanol–water partition coefficient (Wildman–Crippen LogP) is 5.82. The smallest absolute Gasteiger partial charge is 0.303 e. The van der Waals surface area contributed by atoms with Gasteiger partial charge in [-0.1, -0.05) is 54.6 Å². The summed E-state index contributed by atoms with van der Waals surface area (Å²) >= 11 is 2.03. The summed E-state index contributed by atoms with van der Waals surface area (Å²) in [7, 11) is 0. The Morgan fingerprint density at radius 2 is 1.82 bits per heavy atom. The Labute approximate surface area is 173 Å². The number of carbonyl (C=O) groups is 1. The quantitative estimate of drug-likeness (QED) is 0.355. The highest BCUT2D eigenvalue weighted by Crippen LogP contribution is 2.46. The van der Waals surface area contributed by atoms with Crippen molar-refractivity contribution in [2.24, 2.45) is 11.8 Å². The number of hydrogen-bond acceptors (Lipinski definition) is 3. The Balaban J connectivity index is 1.36. The maximum Gasteiger partial charge on any atom is 0.303 e. The molecule has 1 aromatic carbocycles. The van der Waals surface area contributed by atoms with E-state index in [2.05, 4.69) is 48.6 Å². The fourth-order valence-corrected chi connectivity index (χ4v) is 5.52. The molecule has 4 atom stereocenters. The van der Waals surface area contributed by atoms with Gasteiger partial charge in [-0.2, -0.15) is 11.8 Å². The van der Waals surface area contributed by atoms with Crippen LogP contribution in [0, 0.1) is 11.8 Å². The number of carboxylic acids is 1. The van der Waals surface area contributed by atoms with E-state index in [0.29, 0.717) is 24.0 Å². The Hall–Kier alpha value is -1.52. The average molecular weight is 401 g/mol. The largest absolute Gasteiger partial charge is 0.481 e. The third-order valence-electron chi connectivity index (χ3n) is 5.82. The van der Waals surface area contributed by atoms with Crippen molar-refractivity contribution in [3.63, 3.8) is 0 Å². The number of carboxylic acid groups (broad SMARTS) is 1. The molecule has 0 aliphatic carbocycles. The molecular weight excluding hydrogens is 368 g/mol. The van der Waals surface area contributed by atoms with Gasteiger partial charge in [0, 0.05) is 12.2 Å². The van der Waals surface area contributed by atoms with Crippen molar-refractivity contribution in [2.45, 2.75) is 57.2 Å². The number of unbranched alkanes of at least 4 members (excludes halogenated alkanes) is 1. The van der Waals surface area contributed by atoms with Crippen molar-refractivity contribution in [3.05, 3.63) is 54.1 Å². The van der Waals surface area contributed by atoms with E-state index >= 15 is 0 Å². The van der Waals surface area contributed by atoms with Crippen molar-refractivity contribution in [1.29, 1.82) is 0 Å². The van der Waals surface area contributed by atoms with Crippen LogP contribution in [0.2, 0.25) is 0 Å². The number of benzene rings is 1. The summed E-state index contributed by atoms with van der Waals surface area (Å²) in [6.07, 6.45) is 16.4. The molecule has 4 heteroatoms. The van der Waals surface area contributed by atoms with Crippen LogP contribution in [0.4, 0.5) is 0 Å². The molecule has 0 spiro atoms. The summed E-state index contributed by atoms with van der Waals surface area (Å²) in [6, 6.07) is 10.5. The van der Waals surface area contributed by atoms with Crippen molar-refractivity contribution < 1.29 is 14.6 Å². The summed E-state index contributed by atoms with van der Waals surface area (Å²) in [5, 5.41) is 8.67. The monoisotopic (exact) mass is 400 g/mol. The highest BCUT2D eigenvalue weighted by molar-refractivity contribution is 7.99. The van der Waals surface area contributed by atoms with E-state index in [9.17, 15) is 4.79 Å². The lowest BCUT2D eigenvalue weighted by atomic mass is 9.78. The van der Waals surface area contributed by atoms with Crippen LogP contribution in [0.3, 0.4) is 0 Å². The number of thioether (sulfide) groups is 1. The molecule has 2 heterocycles. The van der Waals surface area contributed by atoms with Crippen LogP contribution in [-0.2, 0) is 9.53 Å². The molecule has 2 fully saturated rings. The van der Waals surface area contributed by atoms with Gasteiger partial charge >= 0.3 is 5.97 Å². The van der Waals surface area contributed by atoms with E-state index in [1.807, 2.05) is 17.8 Å². The standard InChI is InChI=1S/C24H32O3S/c25-24(26)14-8-3-1-2-7-13-20-21(23-16-15-22(20)27-23)18-28-17-9-12-19-10-5-4-6-11-19/h1-2,4-6,9-12,20-23H,3,7-8,13-18H2,(H,25,26)/t20-,21+,22-,23+/m0/s1. The zero-order chi connectivity index (χ0) is 19.6. The lowest BCUT2D eigenvalue weighted by Crippen LogP contribution is -2.29. The number of ether oxygens (including phenoxy) is 1. The molecule has 2 aliphatic rings. The van der Waals surface area contributed by atoms with E-state index < -0.39 is 5.97 Å². The summed E-state index contributed by atoms with van der Waals surface area (Å²) in [5.74, 6) is 2.92. The van der Waals surface area contributed by atoms with Gasteiger partial charge in [-0.15, -0.1) is 0 Å².